The second-order valence-electron chi connectivity index (χ2n) is 4.09. The van der Waals surface area contributed by atoms with Crippen LogP contribution in [0, 0.1) is 0 Å². The molecule has 3 heterocycles. The van der Waals surface area contributed by atoms with Gasteiger partial charge in [0.1, 0.15) is 11.4 Å². The van der Waals surface area contributed by atoms with Crippen LogP contribution >= 0.6 is 0 Å². The van der Waals surface area contributed by atoms with E-state index in [9.17, 15) is 9.90 Å². The SMILES string of the molecule is O=C(O)C1COCCN1c1nccc2occc12. The van der Waals surface area contributed by atoms with Gasteiger partial charge in [-0.1, -0.05) is 0 Å². The molecule has 1 fully saturated rings. The van der Waals surface area contributed by atoms with Gasteiger partial charge in [-0.25, -0.2) is 9.78 Å². The van der Waals surface area contributed by atoms with Gasteiger partial charge in [0.05, 0.1) is 24.9 Å². The fourth-order valence-corrected chi connectivity index (χ4v) is 2.17. The number of pyridine rings is 1. The maximum atomic E-state index is 11.2. The molecule has 18 heavy (non-hydrogen) atoms. The summed E-state index contributed by atoms with van der Waals surface area (Å²) in [4.78, 5) is 17.3. The van der Waals surface area contributed by atoms with Crippen LogP contribution in [0.25, 0.3) is 11.0 Å². The first-order valence-electron chi connectivity index (χ1n) is 5.67. The summed E-state index contributed by atoms with van der Waals surface area (Å²) in [5, 5.41) is 10.0. The van der Waals surface area contributed by atoms with E-state index in [1.54, 1.807) is 29.5 Å². The summed E-state index contributed by atoms with van der Waals surface area (Å²) in [5.41, 5.74) is 0.704. The average Bonchev–Trinajstić information content (AvgIpc) is 2.86. The predicted octanol–water partition coefficient (Wildman–Crippen LogP) is 1.12. The molecule has 1 N–H and O–H groups in total. The van der Waals surface area contributed by atoms with Gasteiger partial charge in [0.15, 0.2) is 6.04 Å². The third kappa shape index (κ3) is 1.70. The molecular weight excluding hydrogens is 236 g/mol. The highest BCUT2D eigenvalue weighted by molar-refractivity contribution is 5.91. The van der Waals surface area contributed by atoms with Crippen molar-refractivity contribution in [2.24, 2.45) is 0 Å². The normalized spacial score (nSPS) is 20.2. The summed E-state index contributed by atoms with van der Waals surface area (Å²) in [7, 11) is 0. The Hall–Kier alpha value is -2.08. The number of carboxylic acids is 1. The highest BCUT2D eigenvalue weighted by Gasteiger charge is 2.31. The molecule has 1 saturated heterocycles. The van der Waals surface area contributed by atoms with E-state index in [0.29, 0.717) is 24.6 Å². The average molecular weight is 248 g/mol. The van der Waals surface area contributed by atoms with E-state index in [2.05, 4.69) is 4.98 Å². The summed E-state index contributed by atoms with van der Waals surface area (Å²) in [5.74, 6) is -0.269. The Labute approximate surface area is 103 Å². The van der Waals surface area contributed by atoms with Gasteiger partial charge in [-0.3, -0.25) is 0 Å². The minimum absolute atomic E-state index is 0.172. The Bertz CT molecular complexity index is 580. The second kappa shape index (κ2) is 4.30. The number of morpholine rings is 1. The molecule has 1 atom stereocenters. The van der Waals surface area contributed by atoms with E-state index in [0.717, 1.165) is 5.39 Å². The Balaban J connectivity index is 2.06. The number of ether oxygens (including phenoxy) is 1. The number of fused-ring (bicyclic) bond motifs is 1. The summed E-state index contributed by atoms with van der Waals surface area (Å²) in [6.07, 6.45) is 3.20. The monoisotopic (exact) mass is 248 g/mol. The highest BCUT2D eigenvalue weighted by Crippen LogP contribution is 2.27. The summed E-state index contributed by atoms with van der Waals surface area (Å²) in [6, 6.07) is 2.85. The first-order chi connectivity index (χ1) is 8.77. The molecule has 0 amide bonds. The molecule has 2 aromatic heterocycles. The first kappa shape index (κ1) is 11.0. The minimum Gasteiger partial charge on any atom is -0.480 e. The molecule has 94 valence electrons. The molecular formula is C12H12N2O4. The van der Waals surface area contributed by atoms with Gasteiger partial charge in [0.2, 0.25) is 0 Å². The van der Waals surface area contributed by atoms with Gasteiger partial charge in [-0.2, -0.15) is 0 Å². The van der Waals surface area contributed by atoms with Crippen molar-refractivity contribution in [2.75, 3.05) is 24.7 Å². The largest absolute Gasteiger partial charge is 0.480 e. The molecule has 0 radical (unpaired) electrons. The molecule has 0 spiro atoms. The van der Waals surface area contributed by atoms with Crippen LogP contribution in [0.4, 0.5) is 5.82 Å². The van der Waals surface area contributed by atoms with Gasteiger partial charge in [-0.15, -0.1) is 0 Å². The predicted molar refractivity (Wildman–Crippen MR) is 63.6 cm³/mol. The Morgan fingerprint density at radius 3 is 3.22 bits per heavy atom. The lowest BCUT2D eigenvalue weighted by molar-refractivity contribution is -0.141. The Kier molecular flexibility index (Phi) is 2.64. The zero-order valence-electron chi connectivity index (χ0n) is 9.57. The topological polar surface area (TPSA) is 75.8 Å². The molecule has 2 aromatic rings. The van der Waals surface area contributed by atoms with Crippen LogP contribution in [0.15, 0.2) is 29.0 Å². The molecule has 1 aliphatic rings. The number of hydrogen-bond donors (Lipinski definition) is 1. The van der Waals surface area contributed by atoms with Crippen molar-refractivity contribution in [3.63, 3.8) is 0 Å². The lowest BCUT2D eigenvalue weighted by Crippen LogP contribution is -2.50. The molecule has 1 unspecified atom stereocenters. The fraction of sp³-hybridized carbons (Fsp3) is 0.333. The van der Waals surface area contributed by atoms with Gasteiger partial charge in [0, 0.05) is 12.7 Å². The quantitative estimate of drug-likeness (QED) is 0.858. The maximum absolute atomic E-state index is 11.2. The van der Waals surface area contributed by atoms with Crippen LogP contribution in [0.1, 0.15) is 0 Å². The molecule has 1 aliphatic heterocycles. The standard InChI is InChI=1S/C12H12N2O4/c15-12(16)9-7-17-6-4-14(9)11-8-2-5-18-10(8)1-3-13-11/h1-3,5,9H,4,6-7H2,(H,15,16). The number of anilines is 1. The number of nitrogens with zero attached hydrogens (tertiary/aromatic N) is 2. The van der Waals surface area contributed by atoms with Crippen LogP contribution in [0.5, 0.6) is 0 Å². The lowest BCUT2D eigenvalue weighted by atomic mass is 10.2. The van der Waals surface area contributed by atoms with Gasteiger partial charge >= 0.3 is 5.97 Å². The summed E-state index contributed by atoms with van der Waals surface area (Å²) >= 11 is 0. The van der Waals surface area contributed by atoms with Crippen LogP contribution < -0.4 is 4.90 Å². The van der Waals surface area contributed by atoms with Crippen LogP contribution in [0.2, 0.25) is 0 Å². The summed E-state index contributed by atoms with van der Waals surface area (Å²) in [6.45, 7) is 1.18. The Morgan fingerprint density at radius 1 is 1.50 bits per heavy atom. The van der Waals surface area contributed by atoms with Crippen molar-refractivity contribution in [3.8, 4) is 0 Å². The number of furan rings is 1. The van der Waals surface area contributed by atoms with Gasteiger partial charge in [0.25, 0.3) is 0 Å². The van der Waals surface area contributed by atoms with Crippen molar-refractivity contribution in [3.05, 3.63) is 24.6 Å². The molecule has 0 bridgehead atoms. The van der Waals surface area contributed by atoms with Crippen molar-refractivity contribution < 1.29 is 19.1 Å². The zero-order valence-corrected chi connectivity index (χ0v) is 9.57. The van der Waals surface area contributed by atoms with E-state index in [-0.39, 0.29) is 6.61 Å². The van der Waals surface area contributed by atoms with E-state index in [4.69, 9.17) is 9.15 Å². The molecule has 6 nitrogen and oxygen atoms in total. The van der Waals surface area contributed by atoms with Crippen molar-refractivity contribution in [2.45, 2.75) is 6.04 Å². The van der Waals surface area contributed by atoms with Crippen LogP contribution in [-0.2, 0) is 9.53 Å². The zero-order chi connectivity index (χ0) is 12.5. The van der Waals surface area contributed by atoms with Crippen LogP contribution in [-0.4, -0.2) is 41.9 Å². The van der Waals surface area contributed by atoms with Crippen molar-refractivity contribution >= 4 is 22.8 Å². The molecule has 0 aromatic carbocycles. The van der Waals surface area contributed by atoms with E-state index < -0.39 is 12.0 Å². The molecule has 6 heteroatoms. The number of carboxylic acid groups (broad SMARTS) is 1. The Morgan fingerprint density at radius 2 is 2.39 bits per heavy atom. The maximum Gasteiger partial charge on any atom is 0.328 e. The lowest BCUT2D eigenvalue weighted by Gasteiger charge is -2.33. The van der Waals surface area contributed by atoms with E-state index in [1.165, 1.54) is 0 Å². The number of hydrogen-bond acceptors (Lipinski definition) is 5. The van der Waals surface area contributed by atoms with Crippen LogP contribution in [0.3, 0.4) is 0 Å². The molecule has 0 aliphatic carbocycles. The third-order valence-electron chi connectivity index (χ3n) is 3.04. The highest BCUT2D eigenvalue weighted by atomic mass is 16.5. The van der Waals surface area contributed by atoms with E-state index >= 15 is 0 Å². The number of carbonyl (C=O) groups is 1. The first-order valence-corrected chi connectivity index (χ1v) is 5.67. The fourth-order valence-electron chi connectivity index (χ4n) is 2.17. The van der Waals surface area contributed by atoms with Gasteiger partial charge in [-0.05, 0) is 12.1 Å². The minimum atomic E-state index is -0.906. The number of aliphatic carboxylic acids is 1. The second-order valence-corrected chi connectivity index (χ2v) is 4.09. The number of aromatic nitrogens is 1. The van der Waals surface area contributed by atoms with Crippen molar-refractivity contribution in [1.82, 2.24) is 4.98 Å². The van der Waals surface area contributed by atoms with E-state index in [1.807, 2.05) is 0 Å². The van der Waals surface area contributed by atoms with Crippen molar-refractivity contribution in [1.29, 1.82) is 0 Å². The number of rotatable bonds is 2. The van der Waals surface area contributed by atoms with Gasteiger partial charge < -0.3 is 19.2 Å². The molecule has 3 rings (SSSR count). The third-order valence-corrected chi connectivity index (χ3v) is 3.04. The molecule has 0 saturated carbocycles. The summed E-state index contributed by atoms with van der Waals surface area (Å²) < 4.78 is 10.5. The smallest absolute Gasteiger partial charge is 0.328 e.